The van der Waals surface area contributed by atoms with Gasteiger partial charge < -0.3 is 20.3 Å². The van der Waals surface area contributed by atoms with Crippen LogP contribution in [0.2, 0.25) is 0 Å². The lowest BCUT2D eigenvalue weighted by molar-refractivity contribution is -0.143. The van der Waals surface area contributed by atoms with E-state index >= 15 is 0 Å². The van der Waals surface area contributed by atoms with Crippen molar-refractivity contribution < 1.29 is 24.5 Å². The fourth-order valence-electron chi connectivity index (χ4n) is 9.20. The van der Waals surface area contributed by atoms with E-state index in [1.807, 2.05) is 6.08 Å². The molecule has 0 aromatic rings. The quantitative estimate of drug-likeness (QED) is 0.0321. The van der Waals surface area contributed by atoms with Crippen LogP contribution in [0.3, 0.4) is 0 Å². The van der Waals surface area contributed by atoms with Crippen molar-refractivity contribution in [3.8, 4) is 0 Å². The number of amides is 1. The van der Waals surface area contributed by atoms with Gasteiger partial charge in [-0.05, 0) is 77.0 Å². The molecule has 0 radical (unpaired) electrons. The molecule has 1 amide bonds. The summed E-state index contributed by atoms with van der Waals surface area (Å²) >= 11 is 0. The van der Waals surface area contributed by atoms with Crippen LogP contribution in [0, 0.1) is 0 Å². The molecule has 3 N–H and O–H groups in total. The van der Waals surface area contributed by atoms with Crippen molar-refractivity contribution >= 4 is 11.9 Å². The van der Waals surface area contributed by atoms with Crippen molar-refractivity contribution in [2.24, 2.45) is 0 Å². The van der Waals surface area contributed by atoms with E-state index in [2.05, 4.69) is 43.5 Å². The van der Waals surface area contributed by atoms with Crippen LogP contribution in [0.15, 0.2) is 36.5 Å². The Hall–Kier alpha value is -1.92. The highest BCUT2D eigenvalue weighted by atomic mass is 16.5. The smallest absolute Gasteiger partial charge is 0.305 e. The lowest BCUT2D eigenvalue weighted by atomic mass is 10.0. The number of rotatable bonds is 56. The normalized spacial score (nSPS) is 12.8. The van der Waals surface area contributed by atoms with Crippen LogP contribution >= 0.6 is 0 Å². The monoisotopic (exact) mass is 956 g/mol. The second-order valence-corrected chi connectivity index (χ2v) is 20.7. The summed E-state index contributed by atoms with van der Waals surface area (Å²) in [6, 6.07) is -0.624. The molecule has 0 saturated heterocycles. The van der Waals surface area contributed by atoms with Gasteiger partial charge in [-0.15, -0.1) is 0 Å². The lowest BCUT2D eigenvalue weighted by Gasteiger charge is -2.20. The van der Waals surface area contributed by atoms with E-state index in [1.54, 1.807) is 6.08 Å². The highest BCUT2D eigenvalue weighted by molar-refractivity contribution is 5.76. The van der Waals surface area contributed by atoms with Crippen molar-refractivity contribution in [1.82, 2.24) is 5.32 Å². The highest BCUT2D eigenvalue weighted by Crippen LogP contribution is 2.17. The first-order valence-corrected chi connectivity index (χ1v) is 30.3. The fraction of sp³-hybridized carbons (Fsp3) is 0.871. The maximum absolute atomic E-state index is 12.4. The molecule has 68 heavy (non-hydrogen) atoms. The number of ether oxygens (including phenoxy) is 1. The van der Waals surface area contributed by atoms with Crippen LogP contribution < -0.4 is 5.32 Å². The van der Waals surface area contributed by atoms with E-state index in [-0.39, 0.29) is 18.5 Å². The first-order valence-electron chi connectivity index (χ1n) is 30.3. The Morgan fingerprint density at radius 3 is 1.09 bits per heavy atom. The Kier molecular flexibility index (Phi) is 56.0. The molecule has 6 heteroatoms. The van der Waals surface area contributed by atoms with Gasteiger partial charge in [0.15, 0.2) is 0 Å². The molecule has 2 atom stereocenters. The number of esters is 1. The Balaban J connectivity index is 3.35. The van der Waals surface area contributed by atoms with Crippen LogP contribution in [0.4, 0.5) is 0 Å². The molecule has 0 rings (SSSR count). The van der Waals surface area contributed by atoms with Crippen molar-refractivity contribution in [3.63, 3.8) is 0 Å². The largest absolute Gasteiger partial charge is 0.466 e. The summed E-state index contributed by atoms with van der Waals surface area (Å²) in [5.41, 5.74) is 0. The van der Waals surface area contributed by atoms with Crippen molar-refractivity contribution in [3.05, 3.63) is 36.5 Å². The lowest BCUT2D eigenvalue weighted by Crippen LogP contribution is -2.45. The van der Waals surface area contributed by atoms with Crippen LogP contribution in [-0.2, 0) is 14.3 Å². The first-order chi connectivity index (χ1) is 33.5. The second kappa shape index (κ2) is 57.7. The minimum atomic E-state index is -0.840. The molecule has 0 aromatic heterocycles. The summed E-state index contributed by atoms with van der Waals surface area (Å²) in [4.78, 5) is 24.4. The summed E-state index contributed by atoms with van der Waals surface area (Å²) in [5.74, 6) is -0.0624. The number of hydrogen-bond donors (Lipinski definition) is 3. The Morgan fingerprint density at radius 2 is 0.706 bits per heavy atom. The zero-order valence-corrected chi connectivity index (χ0v) is 45.6. The van der Waals surface area contributed by atoms with Gasteiger partial charge in [0.2, 0.25) is 5.91 Å². The maximum Gasteiger partial charge on any atom is 0.305 e. The van der Waals surface area contributed by atoms with Gasteiger partial charge in [-0.1, -0.05) is 269 Å². The molecular formula is C62H117NO5. The van der Waals surface area contributed by atoms with Crippen molar-refractivity contribution in [2.45, 2.75) is 334 Å². The maximum atomic E-state index is 12.4. The number of aliphatic hydroxyl groups is 2. The van der Waals surface area contributed by atoms with Gasteiger partial charge in [0.05, 0.1) is 25.4 Å². The number of carbonyl (C=O) groups is 2. The number of nitrogens with one attached hydrogen (secondary N) is 1. The third kappa shape index (κ3) is 53.4. The number of carbonyl (C=O) groups excluding carboxylic acids is 2. The van der Waals surface area contributed by atoms with E-state index in [1.165, 1.54) is 250 Å². The van der Waals surface area contributed by atoms with Crippen LogP contribution in [0.25, 0.3) is 0 Å². The van der Waals surface area contributed by atoms with E-state index < -0.39 is 12.1 Å². The first kappa shape index (κ1) is 66.1. The summed E-state index contributed by atoms with van der Waals surface area (Å²) in [6.07, 6.45) is 72.1. The molecule has 0 heterocycles. The second-order valence-electron chi connectivity index (χ2n) is 20.7. The van der Waals surface area contributed by atoms with Crippen LogP contribution in [0.5, 0.6) is 0 Å². The molecule has 6 nitrogen and oxygen atoms in total. The Labute approximate surface area is 424 Å². The van der Waals surface area contributed by atoms with E-state index in [9.17, 15) is 19.8 Å². The van der Waals surface area contributed by atoms with Gasteiger partial charge >= 0.3 is 5.97 Å². The number of unbranched alkanes of at least 4 members (excludes halogenated alkanes) is 41. The zero-order chi connectivity index (χ0) is 49.3. The summed E-state index contributed by atoms with van der Waals surface area (Å²) < 4.78 is 5.46. The van der Waals surface area contributed by atoms with Gasteiger partial charge in [-0.3, -0.25) is 9.59 Å². The van der Waals surface area contributed by atoms with E-state index in [4.69, 9.17) is 4.74 Å². The van der Waals surface area contributed by atoms with Crippen molar-refractivity contribution in [2.75, 3.05) is 13.2 Å². The predicted molar refractivity (Wildman–Crippen MR) is 296 cm³/mol. The average Bonchev–Trinajstić information content (AvgIpc) is 3.34. The molecule has 0 saturated carbocycles. The van der Waals surface area contributed by atoms with Gasteiger partial charge in [0, 0.05) is 12.8 Å². The zero-order valence-electron chi connectivity index (χ0n) is 45.6. The van der Waals surface area contributed by atoms with Gasteiger partial charge in [0.1, 0.15) is 0 Å². The fourth-order valence-corrected chi connectivity index (χ4v) is 9.20. The van der Waals surface area contributed by atoms with Gasteiger partial charge in [-0.2, -0.15) is 0 Å². The third-order valence-electron chi connectivity index (χ3n) is 13.9. The Morgan fingerprint density at radius 1 is 0.397 bits per heavy atom. The summed E-state index contributed by atoms with van der Waals surface area (Å²) in [7, 11) is 0. The topological polar surface area (TPSA) is 95.9 Å². The molecule has 0 bridgehead atoms. The Bertz CT molecular complexity index is 1100. The molecule has 0 aliphatic rings. The molecular weight excluding hydrogens is 839 g/mol. The van der Waals surface area contributed by atoms with Crippen LogP contribution in [-0.4, -0.2) is 47.4 Å². The molecule has 0 aliphatic carbocycles. The molecule has 2 unspecified atom stereocenters. The minimum Gasteiger partial charge on any atom is -0.466 e. The molecule has 0 spiro atoms. The van der Waals surface area contributed by atoms with E-state index in [0.717, 1.165) is 44.9 Å². The number of hydrogen-bond acceptors (Lipinski definition) is 5. The minimum absolute atomic E-state index is 0.00588. The average molecular weight is 957 g/mol. The molecule has 0 aromatic carbocycles. The van der Waals surface area contributed by atoms with Crippen molar-refractivity contribution in [1.29, 1.82) is 0 Å². The summed E-state index contributed by atoms with van der Waals surface area (Å²) in [5, 5.41) is 22.9. The molecule has 0 aliphatic heterocycles. The summed E-state index contributed by atoms with van der Waals surface area (Å²) in [6.45, 7) is 4.84. The number of aliphatic hydroxyl groups excluding tert-OH is 2. The predicted octanol–water partition coefficient (Wildman–Crippen LogP) is 18.8. The molecule has 0 fully saturated rings. The SMILES string of the molecule is CCCC/C=C\CCCCCCCC(=O)OCCCCCCCCCCCCCC/C=C\CCCCCCCCCCCCCCCCCC(=O)NC(CO)C(O)/C=C/CCCCCCCCC. The van der Waals surface area contributed by atoms with Gasteiger partial charge in [-0.25, -0.2) is 0 Å². The third-order valence-corrected chi connectivity index (χ3v) is 13.9. The standard InChI is InChI=1S/C62H117NO5/c1-3-5-7-9-11-13-35-40-44-48-52-56-62(67)68-57-53-49-45-41-37-34-32-30-28-26-24-22-20-18-16-14-15-17-19-21-23-25-27-29-31-33-36-39-43-47-51-55-61(66)63-59(58-64)60(65)54-50-46-42-38-12-10-8-6-4-2/h9,11,16,18,50,54,59-60,64-65H,3-8,10,12-15,17,19-49,51-53,55-58H2,1-2H3,(H,63,66)/b11-9-,18-16-,54-50+. The highest BCUT2D eigenvalue weighted by Gasteiger charge is 2.18. The number of allylic oxidation sites excluding steroid dienone is 5. The van der Waals surface area contributed by atoms with Gasteiger partial charge in [0.25, 0.3) is 0 Å². The van der Waals surface area contributed by atoms with E-state index in [0.29, 0.717) is 19.4 Å². The van der Waals surface area contributed by atoms with Crippen LogP contribution in [0.1, 0.15) is 322 Å². The molecule has 400 valence electrons.